The van der Waals surface area contributed by atoms with Gasteiger partial charge in [-0.25, -0.2) is 15.0 Å². The van der Waals surface area contributed by atoms with Crippen LogP contribution in [0.25, 0.3) is 0 Å². The zero-order valence-corrected chi connectivity index (χ0v) is 16.6. The van der Waals surface area contributed by atoms with Crippen LogP contribution in [-0.4, -0.2) is 92.8 Å². The van der Waals surface area contributed by atoms with Crippen LogP contribution in [-0.2, 0) is 9.59 Å². The van der Waals surface area contributed by atoms with Crippen LogP contribution < -0.4 is 10.6 Å². The van der Waals surface area contributed by atoms with Crippen molar-refractivity contribution in [1.29, 1.82) is 5.41 Å². The molecule has 0 saturated heterocycles. The predicted octanol–water partition coefficient (Wildman–Crippen LogP) is -0.285. The van der Waals surface area contributed by atoms with Crippen LogP contribution in [0, 0.1) is 5.41 Å². The molecule has 0 bridgehead atoms. The van der Waals surface area contributed by atoms with Crippen molar-refractivity contribution >= 4 is 37.2 Å². The Morgan fingerprint density at radius 2 is 2.15 bits per heavy atom. The van der Waals surface area contributed by atoms with Crippen molar-refractivity contribution < 1.29 is 9.59 Å². The fourth-order valence-corrected chi connectivity index (χ4v) is 2.70. The molecule has 10 heteroatoms. The van der Waals surface area contributed by atoms with Gasteiger partial charge in [-0.15, -0.1) is 0 Å². The van der Waals surface area contributed by atoms with Crippen molar-refractivity contribution in [2.45, 2.75) is 37.8 Å². The number of likely N-dealkylation sites (N-methyl/N-ethyl adjacent to an activating group) is 1. The van der Waals surface area contributed by atoms with Crippen LogP contribution in [0.3, 0.4) is 0 Å². The largest absolute Gasteiger partial charge is 0.344 e. The van der Waals surface area contributed by atoms with E-state index in [1.807, 2.05) is 0 Å². The van der Waals surface area contributed by atoms with Crippen LogP contribution in [0.4, 0.5) is 0 Å². The lowest BCUT2D eigenvalue weighted by molar-refractivity contribution is -0.144. The molecule has 10 nitrogen and oxygen atoms in total. The molecule has 0 fully saturated rings. The lowest BCUT2D eigenvalue weighted by Gasteiger charge is -2.38. The summed E-state index contributed by atoms with van der Waals surface area (Å²) in [4.78, 5) is 39.6. The molecule has 0 saturated carbocycles. The van der Waals surface area contributed by atoms with E-state index < -0.39 is 5.54 Å². The Hall–Kier alpha value is -2.62. The summed E-state index contributed by atoms with van der Waals surface area (Å²) in [5.74, 6) is -0.174. The molecule has 0 aliphatic carbocycles. The first kappa shape index (κ1) is 22.4. The van der Waals surface area contributed by atoms with Gasteiger partial charge in [0.1, 0.15) is 5.54 Å². The van der Waals surface area contributed by atoms with Gasteiger partial charge >= 0.3 is 0 Å². The lowest BCUT2D eigenvalue weighted by atomic mass is 9.96. The van der Waals surface area contributed by atoms with Crippen molar-refractivity contribution in [3.05, 3.63) is 0 Å². The number of hydrogen-bond acceptors (Lipinski definition) is 6. The summed E-state index contributed by atoms with van der Waals surface area (Å²) in [5, 5.41) is 13.3. The highest BCUT2D eigenvalue weighted by Gasteiger charge is 2.42. The maximum atomic E-state index is 12.7. The monoisotopic (exact) mass is 378 g/mol. The second kappa shape index (κ2) is 9.91. The van der Waals surface area contributed by atoms with Crippen molar-refractivity contribution in [2.24, 2.45) is 15.0 Å². The third-order valence-electron chi connectivity index (χ3n) is 4.90. The van der Waals surface area contributed by atoms with Crippen LogP contribution in [0.1, 0.15) is 26.2 Å². The second-order valence-corrected chi connectivity index (χ2v) is 6.71. The minimum absolute atomic E-state index is 0.0385. The SMILES string of the molecule is C=NC(=N)N(C)CCCC(CC(=O)N(C)[C@@]1(C)CN=C(N=C)NC1=O)NC. The molecule has 0 radical (unpaired) electrons. The molecule has 27 heavy (non-hydrogen) atoms. The number of carbonyl (C=O) groups excluding carboxylic acids is 2. The molecule has 2 atom stereocenters. The third kappa shape index (κ3) is 5.68. The molecular weight excluding hydrogens is 348 g/mol. The molecule has 0 aromatic heterocycles. The summed E-state index contributed by atoms with van der Waals surface area (Å²) < 4.78 is 0. The highest BCUT2D eigenvalue weighted by atomic mass is 16.2. The molecular formula is C17H30N8O2. The number of aliphatic imine (C=N–C) groups is 3. The van der Waals surface area contributed by atoms with E-state index in [1.165, 1.54) is 4.90 Å². The second-order valence-electron chi connectivity index (χ2n) is 6.71. The quantitative estimate of drug-likeness (QED) is 0.396. The van der Waals surface area contributed by atoms with Crippen LogP contribution in [0.2, 0.25) is 0 Å². The standard InChI is InChI=1S/C17H30N8O2/c1-17(11-22-16(21-4)23-14(17)27)25(6)13(26)10-12(19-2)8-7-9-24(5)15(18)20-3/h12,18-19H,3-4,7-11H2,1-2,5-6H3,(H,22,23,27)/t12?,17-/m0/s1. The number of hydrogen-bond donors (Lipinski definition) is 3. The Bertz CT molecular complexity index is 632. The first-order valence-corrected chi connectivity index (χ1v) is 8.72. The van der Waals surface area contributed by atoms with Crippen LogP contribution in [0.5, 0.6) is 0 Å². The predicted molar refractivity (Wildman–Crippen MR) is 108 cm³/mol. The zero-order chi connectivity index (χ0) is 20.6. The molecule has 1 rings (SSSR count). The number of nitrogens with zero attached hydrogens (tertiary/aromatic N) is 5. The van der Waals surface area contributed by atoms with Gasteiger partial charge in [-0.2, -0.15) is 0 Å². The van der Waals surface area contributed by atoms with Crippen molar-refractivity contribution in [2.75, 3.05) is 34.2 Å². The third-order valence-corrected chi connectivity index (χ3v) is 4.90. The summed E-state index contributed by atoms with van der Waals surface area (Å²) in [6.45, 7) is 9.15. The summed E-state index contributed by atoms with van der Waals surface area (Å²) in [6.07, 6.45) is 1.79. The molecule has 0 spiro atoms. The van der Waals surface area contributed by atoms with Gasteiger partial charge in [0.25, 0.3) is 5.91 Å². The van der Waals surface area contributed by atoms with Crippen molar-refractivity contribution in [3.63, 3.8) is 0 Å². The van der Waals surface area contributed by atoms with E-state index >= 15 is 0 Å². The Balaban J connectivity index is 2.63. The fourth-order valence-electron chi connectivity index (χ4n) is 2.70. The topological polar surface area (TPSA) is 126 Å². The Morgan fingerprint density at radius 3 is 2.67 bits per heavy atom. The first-order chi connectivity index (χ1) is 12.7. The van der Waals surface area contributed by atoms with Gasteiger partial charge in [0.15, 0.2) is 0 Å². The van der Waals surface area contributed by atoms with Crippen molar-refractivity contribution in [1.82, 2.24) is 20.4 Å². The van der Waals surface area contributed by atoms with Gasteiger partial charge in [0, 0.05) is 33.1 Å². The summed E-state index contributed by atoms with van der Waals surface area (Å²) >= 11 is 0. The van der Waals surface area contributed by atoms with E-state index in [-0.39, 0.29) is 42.7 Å². The van der Waals surface area contributed by atoms with Gasteiger partial charge in [-0.3, -0.25) is 20.3 Å². The molecule has 3 N–H and O–H groups in total. The maximum Gasteiger partial charge on any atom is 0.254 e. The Morgan fingerprint density at radius 1 is 1.48 bits per heavy atom. The van der Waals surface area contributed by atoms with E-state index in [4.69, 9.17) is 5.41 Å². The van der Waals surface area contributed by atoms with Gasteiger partial charge in [-0.05, 0) is 40.2 Å². The molecule has 1 heterocycles. The molecule has 0 aromatic rings. The van der Waals surface area contributed by atoms with E-state index in [9.17, 15) is 9.59 Å². The molecule has 1 unspecified atom stereocenters. The number of rotatable bonds is 8. The highest BCUT2D eigenvalue weighted by Crippen LogP contribution is 2.19. The van der Waals surface area contributed by atoms with Gasteiger partial charge in [0.2, 0.25) is 17.8 Å². The number of nitrogens with one attached hydrogen (secondary N) is 3. The maximum absolute atomic E-state index is 12.7. The molecule has 1 aliphatic heterocycles. The zero-order valence-electron chi connectivity index (χ0n) is 16.6. The fraction of sp³-hybridized carbons (Fsp3) is 0.647. The average molecular weight is 378 g/mol. The van der Waals surface area contributed by atoms with Crippen LogP contribution in [0.15, 0.2) is 15.0 Å². The van der Waals surface area contributed by atoms with E-state index in [0.29, 0.717) is 6.54 Å². The van der Waals surface area contributed by atoms with Crippen LogP contribution >= 0.6 is 0 Å². The summed E-state index contributed by atoms with van der Waals surface area (Å²) in [6, 6.07) is -0.0385. The minimum Gasteiger partial charge on any atom is -0.344 e. The summed E-state index contributed by atoms with van der Waals surface area (Å²) in [7, 11) is 5.19. The Kier molecular flexibility index (Phi) is 8.23. The molecule has 0 aromatic carbocycles. The number of carbonyl (C=O) groups is 2. The van der Waals surface area contributed by atoms with Gasteiger partial charge < -0.3 is 15.1 Å². The van der Waals surface area contributed by atoms with E-state index in [1.54, 1.807) is 33.0 Å². The summed E-state index contributed by atoms with van der Waals surface area (Å²) in [5.41, 5.74) is -1.06. The average Bonchev–Trinajstić information content (AvgIpc) is 2.67. The number of amides is 2. The molecule has 2 amide bonds. The number of guanidine groups is 2. The van der Waals surface area contributed by atoms with E-state index in [2.05, 4.69) is 39.0 Å². The normalized spacial score (nSPS) is 20.1. The highest BCUT2D eigenvalue weighted by molar-refractivity contribution is 6.05. The van der Waals surface area contributed by atoms with Gasteiger partial charge in [0.05, 0.1) is 6.54 Å². The Labute approximate surface area is 160 Å². The first-order valence-electron chi connectivity index (χ1n) is 8.72. The molecule has 1 aliphatic rings. The minimum atomic E-state index is -1.06. The van der Waals surface area contributed by atoms with Crippen molar-refractivity contribution in [3.8, 4) is 0 Å². The van der Waals surface area contributed by atoms with E-state index in [0.717, 1.165) is 12.8 Å². The van der Waals surface area contributed by atoms with Gasteiger partial charge in [-0.1, -0.05) is 0 Å². The smallest absolute Gasteiger partial charge is 0.254 e. The molecule has 150 valence electrons. The lowest BCUT2D eigenvalue weighted by Crippen LogP contribution is -2.62.